The van der Waals surface area contributed by atoms with Crippen molar-refractivity contribution < 1.29 is 4.79 Å². The highest BCUT2D eigenvalue weighted by molar-refractivity contribution is 7.22. The van der Waals surface area contributed by atoms with Crippen LogP contribution in [0.4, 0.5) is 5.00 Å². The molecule has 3 aromatic rings. The van der Waals surface area contributed by atoms with Crippen LogP contribution < -0.4 is 5.32 Å². The standard InChI is InChI=1S/C20H16Cl2N2OS2/c21-11-7-8-13-16(9-11)26-18(17(13)22)19(25)24-20-14(10-23)12-5-3-1-2-4-6-15(12)27-20/h7-9H,1-6H2,(H,24,25). The Labute approximate surface area is 175 Å². The lowest BCUT2D eigenvalue weighted by molar-refractivity contribution is 0.103. The van der Waals surface area contributed by atoms with Gasteiger partial charge < -0.3 is 5.32 Å². The maximum Gasteiger partial charge on any atom is 0.267 e. The van der Waals surface area contributed by atoms with Gasteiger partial charge in [0.05, 0.1) is 10.6 Å². The minimum absolute atomic E-state index is 0.275. The molecule has 1 aliphatic rings. The van der Waals surface area contributed by atoms with Crippen LogP contribution in [0.15, 0.2) is 18.2 Å². The molecule has 1 aliphatic carbocycles. The molecule has 0 saturated heterocycles. The molecule has 2 heterocycles. The predicted octanol–water partition coefficient (Wildman–Crippen LogP) is 7.05. The van der Waals surface area contributed by atoms with Gasteiger partial charge in [-0.1, -0.05) is 42.1 Å². The van der Waals surface area contributed by atoms with Crippen LogP contribution in [-0.4, -0.2) is 5.91 Å². The van der Waals surface area contributed by atoms with Crippen molar-refractivity contribution in [1.29, 1.82) is 5.26 Å². The molecule has 4 rings (SSSR count). The summed E-state index contributed by atoms with van der Waals surface area (Å²) in [5, 5.41) is 15.1. The van der Waals surface area contributed by atoms with Crippen molar-refractivity contribution in [2.45, 2.75) is 38.5 Å². The van der Waals surface area contributed by atoms with Gasteiger partial charge in [-0.05, 0) is 43.4 Å². The molecular weight excluding hydrogens is 419 g/mol. The third-order valence-electron chi connectivity index (χ3n) is 4.81. The highest BCUT2D eigenvalue weighted by atomic mass is 35.5. The maximum absolute atomic E-state index is 12.9. The number of nitrogens with zero attached hydrogens (tertiary/aromatic N) is 1. The van der Waals surface area contributed by atoms with E-state index in [1.165, 1.54) is 40.4 Å². The molecule has 27 heavy (non-hydrogen) atoms. The lowest BCUT2D eigenvalue weighted by Gasteiger charge is -2.08. The molecule has 7 heteroatoms. The maximum atomic E-state index is 12.9. The summed E-state index contributed by atoms with van der Waals surface area (Å²) >= 11 is 15.3. The Balaban J connectivity index is 1.68. The molecule has 1 N–H and O–H groups in total. The van der Waals surface area contributed by atoms with Gasteiger partial charge in [0.2, 0.25) is 0 Å². The number of fused-ring (bicyclic) bond motifs is 2. The third-order valence-corrected chi connectivity index (χ3v) is 7.91. The van der Waals surface area contributed by atoms with Gasteiger partial charge in [0.1, 0.15) is 15.9 Å². The average molecular weight is 435 g/mol. The van der Waals surface area contributed by atoms with Crippen LogP contribution in [0.5, 0.6) is 0 Å². The second-order valence-corrected chi connectivity index (χ2v) is 9.55. The number of carbonyl (C=O) groups is 1. The van der Waals surface area contributed by atoms with Crippen molar-refractivity contribution >= 4 is 66.9 Å². The van der Waals surface area contributed by atoms with Gasteiger partial charge in [-0.2, -0.15) is 5.26 Å². The average Bonchev–Trinajstić information content (AvgIpc) is 3.11. The second kappa shape index (κ2) is 7.81. The number of rotatable bonds is 2. The number of benzene rings is 1. The molecule has 0 atom stereocenters. The Morgan fingerprint density at radius 1 is 1.11 bits per heavy atom. The molecule has 0 saturated carbocycles. The van der Waals surface area contributed by atoms with Gasteiger partial charge in [0.25, 0.3) is 5.91 Å². The van der Waals surface area contributed by atoms with Gasteiger partial charge >= 0.3 is 0 Å². The molecule has 0 bridgehead atoms. The van der Waals surface area contributed by atoms with E-state index in [1.807, 2.05) is 12.1 Å². The number of halogens is 2. The summed E-state index contributed by atoms with van der Waals surface area (Å²) in [5.74, 6) is -0.275. The lowest BCUT2D eigenvalue weighted by atomic mass is 9.97. The van der Waals surface area contributed by atoms with E-state index < -0.39 is 0 Å². The summed E-state index contributed by atoms with van der Waals surface area (Å²) in [4.78, 5) is 14.6. The first-order chi connectivity index (χ1) is 13.1. The zero-order valence-electron chi connectivity index (χ0n) is 14.4. The smallest absolute Gasteiger partial charge is 0.267 e. The molecule has 1 aromatic carbocycles. The first-order valence-electron chi connectivity index (χ1n) is 8.82. The number of thiophene rings is 2. The van der Waals surface area contributed by atoms with E-state index >= 15 is 0 Å². The van der Waals surface area contributed by atoms with E-state index in [-0.39, 0.29) is 5.91 Å². The summed E-state index contributed by atoms with van der Waals surface area (Å²) in [6, 6.07) is 7.70. The van der Waals surface area contributed by atoms with E-state index in [2.05, 4.69) is 11.4 Å². The lowest BCUT2D eigenvalue weighted by Crippen LogP contribution is -2.10. The van der Waals surface area contributed by atoms with Crippen LogP contribution in [-0.2, 0) is 12.8 Å². The normalized spacial score (nSPS) is 14.3. The van der Waals surface area contributed by atoms with Crippen molar-refractivity contribution in [2.24, 2.45) is 0 Å². The molecule has 1 amide bonds. The minimum Gasteiger partial charge on any atom is -0.312 e. The van der Waals surface area contributed by atoms with Crippen molar-refractivity contribution in [2.75, 3.05) is 5.32 Å². The largest absolute Gasteiger partial charge is 0.312 e. The quantitative estimate of drug-likeness (QED) is 0.469. The molecule has 0 radical (unpaired) electrons. The monoisotopic (exact) mass is 434 g/mol. The fourth-order valence-electron chi connectivity index (χ4n) is 3.47. The van der Waals surface area contributed by atoms with Gasteiger partial charge in [0, 0.05) is 20.0 Å². The predicted molar refractivity (Wildman–Crippen MR) is 115 cm³/mol. The SMILES string of the molecule is N#Cc1c(NC(=O)c2sc3cc(Cl)ccc3c2Cl)sc2c1CCCCCC2. The van der Waals surface area contributed by atoms with Gasteiger partial charge in [-0.25, -0.2) is 0 Å². The number of nitriles is 1. The highest BCUT2D eigenvalue weighted by Gasteiger charge is 2.23. The Bertz CT molecular complexity index is 1080. The number of carbonyl (C=O) groups excluding carboxylic acids is 1. The fourth-order valence-corrected chi connectivity index (χ4v) is 6.39. The molecule has 3 nitrogen and oxygen atoms in total. The summed E-state index contributed by atoms with van der Waals surface area (Å²) in [6.45, 7) is 0. The van der Waals surface area contributed by atoms with Crippen molar-refractivity contribution in [1.82, 2.24) is 0 Å². The molecular formula is C20H16Cl2N2OS2. The summed E-state index contributed by atoms with van der Waals surface area (Å²) in [5.41, 5.74) is 1.73. The number of aryl methyl sites for hydroxylation is 1. The van der Waals surface area contributed by atoms with Crippen molar-refractivity contribution in [3.05, 3.63) is 49.1 Å². The van der Waals surface area contributed by atoms with Gasteiger partial charge in [-0.15, -0.1) is 22.7 Å². The molecule has 138 valence electrons. The van der Waals surface area contributed by atoms with Gasteiger partial charge in [-0.3, -0.25) is 4.79 Å². The second-order valence-electron chi connectivity index (χ2n) is 6.57. The van der Waals surface area contributed by atoms with Crippen molar-refractivity contribution in [3.63, 3.8) is 0 Å². The van der Waals surface area contributed by atoms with Crippen LogP contribution in [0.2, 0.25) is 10.0 Å². The first kappa shape index (κ1) is 18.8. The highest BCUT2D eigenvalue weighted by Crippen LogP contribution is 2.40. The van der Waals surface area contributed by atoms with Crippen LogP contribution in [0.1, 0.15) is 51.4 Å². The number of amides is 1. The Morgan fingerprint density at radius 3 is 2.67 bits per heavy atom. The molecule has 0 aliphatic heterocycles. The van der Waals surface area contributed by atoms with Crippen LogP contribution in [0, 0.1) is 11.3 Å². The molecule has 2 aromatic heterocycles. The van der Waals surface area contributed by atoms with E-state index in [4.69, 9.17) is 23.2 Å². The number of nitrogens with one attached hydrogen (secondary N) is 1. The van der Waals surface area contributed by atoms with Gasteiger partial charge in [0.15, 0.2) is 0 Å². The number of anilines is 1. The zero-order valence-corrected chi connectivity index (χ0v) is 17.5. The first-order valence-corrected chi connectivity index (χ1v) is 11.2. The third kappa shape index (κ3) is 3.60. The molecule has 0 spiro atoms. The Hall–Kier alpha value is -1.58. The van der Waals surface area contributed by atoms with E-state index in [9.17, 15) is 10.1 Å². The topological polar surface area (TPSA) is 52.9 Å². The van der Waals surface area contributed by atoms with Crippen LogP contribution in [0.3, 0.4) is 0 Å². The summed E-state index contributed by atoms with van der Waals surface area (Å²) < 4.78 is 0.872. The summed E-state index contributed by atoms with van der Waals surface area (Å²) in [6.07, 6.45) is 6.53. The van der Waals surface area contributed by atoms with Crippen LogP contribution in [0.25, 0.3) is 10.1 Å². The van der Waals surface area contributed by atoms with Crippen LogP contribution >= 0.6 is 45.9 Å². The zero-order chi connectivity index (χ0) is 19.0. The Morgan fingerprint density at radius 2 is 1.89 bits per heavy atom. The molecule has 0 fully saturated rings. The Kier molecular flexibility index (Phi) is 5.43. The number of hydrogen-bond acceptors (Lipinski definition) is 4. The van der Waals surface area contributed by atoms with E-state index in [0.717, 1.165) is 41.3 Å². The van der Waals surface area contributed by atoms with E-state index in [0.29, 0.717) is 25.5 Å². The minimum atomic E-state index is -0.275. The fraction of sp³-hybridized carbons (Fsp3) is 0.300. The molecule has 0 unspecified atom stereocenters. The summed E-state index contributed by atoms with van der Waals surface area (Å²) in [7, 11) is 0. The number of hydrogen-bond donors (Lipinski definition) is 1. The van der Waals surface area contributed by atoms with Crippen molar-refractivity contribution in [3.8, 4) is 6.07 Å². The van der Waals surface area contributed by atoms with E-state index in [1.54, 1.807) is 6.07 Å².